The summed E-state index contributed by atoms with van der Waals surface area (Å²) in [7, 11) is 0. The van der Waals surface area contributed by atoms with Crippen molar-refractivity contribution in [3.63, 3.8) is 0 Å². The van der Waals surface area contributed by atoms with Gasteiger partial charge in [-0.1, -0.05) is 29.8 Å². The number of nitrogens with zero attached hydrogens (tertiary/aromatic N) is 6. The van der Waals surface area contributed by atoms with Crippen molar-refractivity contribution in [2.75, 3.05) is 0 Å². The Labute approximate surface area is 157 Å². The quantitative estimate of drug-likeness (QED) is 0.474. The molecule has 5 rings (SSSR count). The summed E-state index contributed by atoms with van der Waals surface area (Å²) in [4.78, 5) is 26.3. The molecular weight excluding hydrogens is 364 g/mol. The van der Waals surface area contributed by atoms with E-state index in [1.165, 1.54) is 10.9 Å². The van der Waals surface area contributed by atoms with Gasteiger partial charge in [0.1, 0.15) is 12.1 Å². The maximum absolute atomic E-state index is 13.4. The van der Waals surface area contributed by atoms with Crippen LogP contribution in [0.25, 0.3) is 33.8 Å². The molecule has 130 valence electrons. The highest BCUT2D eigenvalue weighted by Crippen LogP contribution is 2.28. The monoisotopic (exact) mass is 374 g/mol. The standard InChI is InChI=1S/C19H11ClN6O/c20-13-5-3-4-12(10-13)17-16-14(24-19-22-11-23-26(17)19)7-9-25(18(16)27)15-6-1-2-8-21-15/h1-11H. The van der Waals surface area contributed by atoms with E-state index in [4.69, 9.17) is 11.6 Å². The van der Waals surface area contributed by atoms with E-state index in [-0.39, 0.29) is 5.56 Å². The molecule has 1 aromatic carbocycles. The second-order valence-electron chi connectivity index (χ2n) is 5.88. The largest absolute Gasteiger partial charge is 0.268 e. The maximum atomic E-state index is 13.4. The van der Waals surface area contributed by atoms with Gasteiger partial charge in [0, 0.05) is 23.0 Å². The van der Waals surface area contributed by atoms with Crippen LogP contribution in [0.1, 0.15) is 0 Å². The summed E-state index contributed by atoms with van der Waals surface area (Å²) in [5.41, 5.74) is 1.63. The third kappa shape index (κ3) is 2.48. The van der Waals surface area contributed by atoms with Crippen molar-refractivity contribution in [1.29, 1.82) is 0 Å². The molecule has 0 amide bonds. The Kier molecular flexibility index (Phi) is 3.48. The lowest BCUT2D eigenvalue weighted by Crippen LogP contribution is -2.20. The van der Waals surface area contributed by atoms with Crippen LogP contribution in [-0.4, -0.2) is 29.1 Å². The first-order valence-corrected chi connectivity index (χ1v) is 8.52. The molecule has 27 heavy (non-hydrogen) atoms. The van der Waals surface area contributed by atoms with Crippen LogP contribution in [0.15, 0.2) is 72.0 Å². The molecular formula is C19H11ClN6O. The van der Waals surface area contributed by atoms with Gasteiger partial charge in [-0.3, -0.25) is 9.36 Å². The smallest absolute Gasteiger partial charge is 0.267 e. The Morgan fingerprint density at radius 2 is 1.93 bits per heavy atom. The van der Waals surface area contributed by atoms with E-state index in [1.807, 2.05) is 18.2 Å². The molecule has 4 aromatic heterocycles. The van der Waals surface area contributed by atoms with E-state index in [9.17, 15) is 4.79 Å². The van der Waals surface area contributed by atoms with E-state index < -0.39 is 0 Å². The summed E-state index contributed by atoms with van der Waals surface area (Å²) in [5, 5.41) is 5.24. The van der Waals surface area contributed by atoms with Crippen LogP contribution in [0, 0.1) is 0 Å². The number of halogens is 1. The first-order valence-electron chi connectivity index (χ1n) is 8.15. The topological polar surface area (TPSA) is 78.0 Å². The molecule has 0 atom stereocenters. The highest BCUT2D eigenvalue weighted by atomic mass is 35.5. The fraction of sp³-hybridized carbons (Fsp3) is 0. The Morgan fingerprint density at radius 3 is 2.74 bits per heavy atom. The summed E-state index contributed by atoms with van der Waals surface area (Å²) in [6.07, 6.45) is 4.71. The van der Waals surface area contributed by atoms with Crippen LogP contribution in [0.5, 0.6) is 0 Å². The lowest BCUT2D eigenvalue weighted by molar-refractivity contribution is 0.933. The summed E-state index contributed by atoms with van der Waals surface area (Å²) in [5.74, 6) is 0.938. The highest BCUT2D eigenvalue weighted by Gasteiger charge is 2.18. The molecule has 8 heteroatoms. The van der Waals surface area contributed by atoms with Crippen LogP contribution in [0.2, 0.25) is 5.02 Å². The van der Waals surface area contributed by atoms with Gasteiger partial charge in [-0.25, -0.2) is 9.97 Å². The normalized spacial score (nSPS) is 11.3. The zero-order valence-electron chi connectivity index (χ0n) is 13.8. The van der Waals surface area contributed by atoms with Crippen LogP contribution in [-0.2, 0) is 0 Å². The molecule has 4 heterocycles. The van der Waals surface area contributed by atoms with Crippen LogP contribution in [0.4, 0.5) is 0 Å². The number of fused-ring (bicyclic) bond motifs is 2. The van der Waals surface area contributed by atoms with Crippen molar-refractivity contribution in [2.45, 2.75) is 0 Å². The van der Waals surface area contributed by atoms with Crippen molar-refractivity contribution >= 4 is 28.3 Å². The predicted octanol–water partition coefficient (Wildman–Crippen LogP) is 3.14. The zero-order chi connectivity index (χ0) is 18.4. The minimum absolute atomic E-state index is 0.244. The van der Waals surface area contributed by atoms with Crippen molar-refractivity contribution in [3.05, 3.63) is 82.6 Å². The van der Waals surface area contributed by atoms with E-state index in [0.717, 1.165) is 5.56 Å². The van der Waals surface area contributed by atoms with Gasteiger partial charge in [0.2, 0.25) is 0 Å². The van der Waals surface area contributed by atoms with Crippen LogP contribution in [0.3, 0.4) is 0 Å². The Bertz CT molecular complexity index is 1360. The van der Waals surface area contributed by atoms with Gasteiger partial charge in [-0.2, -0.15) is 14.6 Å². The van der Waals surface area contributed by atoms with Crippen LogP contribution < -0.4 is 5.56 Å². The molecule has 7 nitrogen and oxygen atoms in total. The van der Waals surface area contributed by atoms with Gasteiger partial charge >= 0.3 is 0 Å². The van der Waals surface area contributed by atoms with Gasteiger partial charge in [-0.05, 0) is 30.3 Å². The second kappa shape index (κ2) is 6.00. The Hall–Kier alpha value is -3.58. The van der Waals surface area contributed by atoms with Gasteiger partial charge in [0.15, 0.2) is 0 Å². The van der Waals surface area contributed by atoms with Crippen molar-refractivity contribution in [2.24, 2.45) is 0 Å². The molecule has 0 bridgehead atoms. The first kappa shape index (κ1) is 15.7. The van der Waals surface area contributed by atoms with Crippen molar-refractivity contribution < 1.29 is 0 Å². The number of rotatable bonds is 2. The number of hydrogen-bond acceptors (Lipinski definition) is 5. The van der Waals surface area contributed by atoms with Gasteiger partial charge in [0.05, 0.1) is 16.6 Å². The van der Waals surface area contributed by atoms with E-state index in [2.05, 4.69) is 20.1 Å². The Balaban J connectivity index is 1.95. The van der Waals surface area contributed by atoms with E-state index >= 15 is 0 Å². The fourth-order valence-corrected chi connectivity index (χ4v) is 3.29. The minimum Gasteiger partial charge on any atom is -0.268 e. The number of hydrogen-bond donors (Lipinski definition) is 0. The SMILES string of the molecule is O=c1c2c(-c3cccc(Cl)c3)n3ncnc3nc2ccn1-c1ccccn1. The highest BCUT2D eigenvalue weighted by molar-refractivity contribution is 6.30. The van der Waals surface area contributed by atoms with Gasteiger partial charge in [-0.15, -0.1) is 0 Å². The molecule has 0 fully saturated rings. The molecule has 0 aliphatic heterocycles. The van der Waals surface area contributed by atoms with Crippen LogP contribution >= 0.6 is 11.6 Å². The molecule has 0 saturated heterocycles. The number of benzene rings is 1. The summed E-state index contributed by atoms with van der Waals surface area (Å²) >= 11 is 6.18. The summed E-state index contributed by atoms with van der Waals surface area (Å²) in [6.45, 7) is 0. The molecule has 0 unspecified atom stereocenters. The molecule has 0 N–H and O–H groups in total. The lowest BCUT2D eigenvalue weighted by Gasteiger charge is -2.11. The van der Waals surface area contributed by atoms with E-state index in [1.54, 1.807) is 47.2 Å². The fourth-order valence-electron chi connectivity index (χ4n) is 3.10. The molecule has 0 aliphatic rings. The zero-order valence-corrected chi connectivity index (χ0v) is 14.6. The average Bonchev–Trinajstić information content (AvgIpc) is 3.15. The number of pyridine rings is 2. The Morgan fingerprint density at radius 1 is 1.00 bits per heavy atom. The summed E-state index contributed by atoms with van der Waals surface area (Å²) < 4.78 is 3.04. The van der Waals surface area contributed by atoms with Crippen molar-refractivity contribution in [1.82, 2.24) is 29.1 Å². The second-order valence-corrected chi connectivity index (χ2v) is 6.32. The molecule has 0 spiro atoms. The van der Waals surface area contributed by atoms with Gasteiger partial charge < -0.3 is 0 Å². The molecule has 0 saturated carbocycles. The van der Waals surface area contributed by atoms with Crippen molar-refractivity contribution in [3.8, 4) is 17.1 Å². The third-order valence-electron chi connectivity index (χ3n) is 4.26. The maximum Gasteiger partial charge on any atom is 0.267 e. The molecule has 0 radical (unpaired) electrons. The molecule has 5 aromatic rings. The predicted molar refractivity (Wildman–Crippen MR) is 102 cm³/mol. The summed E-state index contributed by atoms with van der Waals surface area (Å²) in [6, 6.07) is 14.4. The van der Waals surface area contributed by atoms with E-state index in [0.29, 0.717) is 33.2 Å². The van der Waals surface area contributed by atoms with Gasteiger partial charge in [0.25, 0.3) is 11.3 Å². The first-order chi connectivity index (χ1) is 13.2. The minimum atomic E-state index is -0.244. The molecule has 0 aliphatic carbocycles. The average molecular weight is 375 g/mol. The lowest BCUT2D eigenvalue weighted by atomic mass is 10.1. The number of aromatic nitrogens is 6. The third-order valence-corrected chi connectivity index (χ3v) is 4.50.